The Hall–Kier alpha value is -1.98. The first-order valence-electron chi connectivity index (χ1n) is 8.87. The molecular weight excluding hydrogens is 304 g/mol. The van der Waals surface area contributed by atoms with Crippen molar-refractivity contribution in [3.8, 4) is 0 Å². The van der Waals surface area contributed by atoms with Crippen LogP contribution in [0.2, 0.25) is 0 Å². The summed E-state index contributed by atoms with van der Waals surface area (Å²) >= 11 is 0. The van der Waals surface area contributed by atoms with E-state index in [9.17, 15) is 9.59 Å². The molecule has 0 spiro atoms. The van der Waals surface area contributed by atoms with E-state index in [1.807, 2.05) is 18.7 Å². The molecule has 0 saturated carbocycles. The van der Waals surface area contributed by atoms with Gasteiger partial charge in [-0.3, -0.25) is 14.6 Å². The Labute approximate surface area is 144 Å². The topological polar surface area (TPSA) is 66.4 Å². The van der Waals surface area contributed by atoms with Gasteiger partial charge in [-0.2, -0.15) is 0 Å². The summed E-state index contributed by atoms with van der Waals surface area (Å²) in [5, 5.41) is 0. The maximum absolute atomic E-state index is 12.7. The minimum absolute atomic E-state index is 0.0636. The van der Waals surface area contributed by atoms with Crippen molar-refractivity contribution in [2.24, 2.45) is 5.92 Å². The third-order valence-corrected chi connectivity index (χ3v) is 4.87. The van der Waals surface area contributed by atoms with Gasteiger partial charge in [0, 0.05) is 44.5 Å². The quantitative estimate of drug-likeness (QED) is 0.802. The van der Waals surface area contributed by atoms with Gasteiger partial charge in [-0.1, -0.05) is 13.8 Å². The van der Waals surface area contributed by atoms with Gasteiger partial charge >= 0.3 is 0 Å². The number of nitrogens with zero attached hydrogens (tertiary/aromatic N) is 4. The van der Waals surface area contributed by atoms with Crippen LogP contribution in [0.3, 0.4) is 0 Å². The average molecular weight is 332 g/mol. The number of likely N-dealkylation sites (tertiary alicyclic amines) is 1. The van der Waals surface area contributed by atoms with Crippen molar-refractivity contribution in [1.82, 2.24) is 19.8 Å². The summed E-state index contributed by atoms with van der Waals surface area (Å²) in [5.41, 5.74) is 0.331. The van der Waals surface area contributed by atoms with E-state index in [1.54, 1.807) is 11.1 Å². The van der Waals surface area contributed by atoms with Gasteiger partial charge in [0.25, 0.3) is 5.91 Å². The van der Waals surface area contributed by atoms with Crippen LogP contribution in [0, 0.1) is 5.92 Å². The highest BCUT2D eigenvalue weighted by molar-refractivity contribution is 5.92. The molecule has 0 radical (unpaired) electrons. The van der Waals surface area contributed by atoms with Gasteiger partial charge in [0.15, 0.2) is 0 Å². The number of hydrogen-bond donors (Lipinski definition) is 0. The molecule has 2 amide bonds. The van der Waals surface area contributed by atoms with Crippen molar-refractivity contribution < 1.29 is 9.59 Å². The van der Waals surface area contributed by atoms with Crippen molar-refractivity contribution in [2.75, 3.05) is 19.6 Å². The van der Waals surface area contributed by atoms with Crippen LogP contribution in [-0.2, 0) is 4.79 Å². The summed E-state index contributed by atoms with van der Waals surface area (Å²) in [6.45, 7) is 8.36. The van der Waals surface area contributed by atoms with Crippen molar-refractivity contribution in [1.29, 1.82) is 0 Å². The van der Waals surface area contributed by atoms with E-state index in [4.69, 9.17) is 0 Å². The fourth-order valence-corrected chi connectivity index (χ4v) is 2.93. The molecule has 1 aromatic rings. The lowest BCUT2D eigenvalue weighted by Crippen LogP contribution is -2.43. The van der Waals surface area contributed by atoms with Crippen LogP contribution >= 0.6 is 0 Å². The smallest absolute Gasteiger partial charge is 0.274 e. The molecule has 0 aromatic carbocycles. The molecule has 24 heavy (non-hydrogen) atoms. The number of carbonyl (C=O) groups excluding carboxylic acids is 2. The van der Waals surface area contributed by atoms with E-state index in [2.05, 4.69) is 16.9 Å². The maximum atomic E-state index is 12.7. The fraction of sp³-hybridized carbons (Fsp3) is 0.667. The number of hydrogen-bond acceptors (Lipinski definition) is 4. The Morgan fingerprint density at radius 1 is 1.33 bits per heavy atom. The minimum atomic E-state index is -0.155. The predicted octanol–water partition coefficient (Wildman–Crippen LogP) is 2.37. The minimum Gasteiger partial charge on any atom is -0.343 e. The second-order valence-electron chi connectivity index (χ2n) is 6.66. The SMILES string of the molecule is CCC(C)N(CCC(=O)N1CCC(C)CC1)C(=O)c1cnccn1. The molecule has 0 N–H and O–H groups in total. The summed E-state index contributed by atoms with van der Waals surface area (Å²) in [6.07, 6.45) is 7.88. The molecular formula is C18H28N4O2. The number of rotatable bonds is 6. The molecule has 1 saturated heterocycles. The van der Waals surface area contributed by atoms with Gasteiger partial charge in [-0.25, -0.2) is 4.98 Å². The molecule has 1 unspecified atom stereocenters. The molecule has 2 heterocycles. The van der Waals surface area contributed by atoms with Crippen LogP contribution in [0.4, 0.5) is 0 Å². The van der Waals surface area contributed by atoms with Gasteiger partial charge in [0.05, 0.1) is 6.20 Å². The summed E-state index contributed by atoms with van der Waals surface area (Å²) in [6, 6.07) is 0.0636. The zero-order valence-electron chi connectivity index (χ0n) is 14.9. The Bertz CT molecular complexity index is 541. The number of carbonyl (C=O) groups is 2. The largest absolute Gasteiger partial charge is 0.343 e. The number of amides is 2. The Kier molecular flexibility index (Phi) is 6.70. The van der Waals surface area contributed by atoms with Gasteiger partial charge in [-0.15, -0.1) is 0 Å². The third-order valence-electron chi connectivity index (χ3n) is 4.87. The zero-order valence-corrected chi connectivity index (χ0v) is 14.9. The molecule has 0 aliphatic carbocycles. The molecule has 6 nitrogen and oxygen atoms in total. The lowest BCUT2D eigenvalue weighted by molar-refractivity contribution is -0.132. The molecule has 1 aromatic heterocycles. The Morgan fingerprint density at radius 3 is 2.62 bits per heavy atom. The maximum Gasteiger partial charge on any atom is 0.274 e. The highest BCUT2D eigenvalue weighted by Gasteiger charge is 2.25. The molecule has 1 aliphatic rings. The first kappa shape index (κ1) is 18.4. The number of piperidine rings is 1. The van der Waals surface area contributed by atoms with E-state index < -0.39 is 0 Å². The van der Waals surface area contributed by atoms with E-state index in [-0.39, 0.29) is 17.9 Å². The van der Waals surface area contributed by atoms with E-state index in [1.165, 1.54) is 12.4 Å². The molecule has 132 valence electrons. The van der Waals surface area contributed by atoms with E-state index in [0.717, 1.165) is 32.4 Å². The zero-order chi connectivity index (χ0) is 17.5. The summed E-state index contributed by atoms with van der Waals surface area (Å²) < 4.78 is 0. The Balaban J connectivity index is 1.96. The van der Waals surface area contributed by atoms with Crippen LogP contribution in [0.5, 0.6) is 0 Å². The third kappa shape index (κ3) is 4.76. The van der Waals surface area contributed by atoms with Gasteiger partial charge < -0.3 is 9.80 Å². The average Bonchev–Trinajstić information content (AvgIpc) is 2.62. The standard InChI is InChI=1S/C18H28N4O2/c1-4-15(3)22(18(24)16-13-19-8-9-20-16)12-7-17(23)21-10-5-14(2)6-11-21/h8-9,13-15H,4-7,10-12H2,1-3H3. The highest BCUT2D eigenvalue weighted by atomic mass is 16.2. The van der Waals surface area contributed by atoms with Crippen LogP contribution < -0.4 is 0 Å². The number of aromatic nitrogens is 2. The second-order valence-corrected chi connectivity index (χ2v) is 6.66. The lowest BCUT2D eigenvalue weighted by Gasteiger charge is -2.32. The normalized spacial score (nSPS) is 16.7. The summed E-state index contributed by atoms with van der Waals surface area (Å²) in [4.78, 5) is 36.8. The van der Waals surface area contributed by atoms with E-state index in [0.29, 0.717) is 24.6 Å². The van der Waals surface area contributed by atoms with Gasteiger partial charge in [0.1, 0.15) is 5.69 Å². The molecule has 1 fully saturated rings. The van der Waals surface area contributed by atoms with Gasteiger partial charge in [0.2, 0.25) is 5.91 Å². The van der Waals surface area contributed by atoms with Crippen LogP contribution in [-0.4, -0.2) is 57.3 Å². The first-order valence-corrected chi connectivity index (χ1v) is 8.87. The highest BCUT2D eigenvalue weighted by Crippen LogP contribution is 2.17. The lowest BCUT2D eigenvalue weighted by atomic mass is 9.99. The van der Waals surface area contributed by atoms with Crippen LogP contribution in [0.1, 0.15) is 56.9 Å². The first-order chi connectivity index (χ1) is 11.5. The van der Waals surface area contributed by atoms with Crippen molar-refractivity contribution in [2.45, 2.75) is 52.5 Å². The Morgan fingerprint density at radius 2 is 2.04 bits per heavy atom. The molecule has 0 bridgehead atoms. The molecule has 1 atom stereocenters. The summed E-state index contributed by atoms with van der Waals surface area (Å²) in [5.74, 6) is 0.684. The molecule has 6 heteroatoms. The van der Waals surface area contributed by atoms with Crippen molar-refractivity contribution in [3.63, 3.8) is 0 Å². The van der Waals surface area contributed by atoms with E-state index >= 15 is 0 Å². The predicted molar refractivity (Wildman–Crippen MR) is 92.4 cm³/mol. The molecule has 2 rings (SSSR count). The fourth-order valence-electron chi connectivity index (χ4n) is 2.93. The molecule has 1 aliphatic heterocycles. The van der Waals surface area contributed by atoms with Crippen molar-refractivity contribution >= 4 is 11.8 Å². The second kappa shape index (κ2) is 8.76. The summed E-state index contributed by atoms with van der Waals surface area (Å²) in [7, 11) is 0. The van der Waals surface area contributed by atoms with Crippen LogP contribution in [0.15, 0.2) is 18.6 Å². The van der Waals surface area contributed by atoms with Crippen molar-refractivity contribution in [3.05, 3.63) is 24.3 Å². The van der Waals surface area contributed by atoms with Gasteiger partial charge in [-0.05, 0) is 32.1 Å². The monoisotopic (exact) mass is 332 g/mol. The van der Waals surface area contributed by atoms with Crippen LogP contribution in [0.25, 0.3) is 0 Å².